The highest BCUT2D eigenvalue weighted by Crippen LogP contribution is 2.54. The maximum Gasteiger partial charge on any atom is 0.509 e. The molecule has 14 atom stereocenters. The van der Waals surface area contributed by atoms with Crippen LogP contribution in [0.2, 0.25) is 0 Å². The number of aliphatic carboxylic acids is 1. The predicted molar refractivity (Wildman–Crippen MR) is 332 cm³/mol. The number of primary amides is 1. The third-order valence-corrected chi connectivity index (χ3v) is 18.1. The summed E-state index contributed by atoms with van der Waals surface area (Å²) in [6.07, 6.45) is -10.9. The summed E-state index contributed by atoms with van der Waals surface area (Å²) >= 11 is 10.9. The lowest BCUT2D eigenvalue weighted by Gasteiger charge is -2.29. The Hall–Kier alpha value is -7.78. The molecule has 3 saturated heterocycles. The monoisotopic (exact) mass is 1390 g/mol. The number of aromatic nitrogens is 8. The molecule has 7 heterocycles. The van der Waals surface area contributed by atoms with E-state index in [2.05, 4.69) is 51.2 Å². The second-order valence-corrected chi connectivity index (χ2v) is 28.0. The molecule has 0 radical (unpaired) electrons. The van der Waals surface area contributed by atoms with Gasteiger partial charge < -0.3 is 96.1 Å². The smallest absolute Gasteiger partial charge is 0.481 e. The Balaban J connectivity index is 0.876. The van der Waals surface area contributed by atoms with Gasteiger partial charge in [0.2, 0.25) is 17.7 Å². The molecular weight excluding hydrogens is 1320 g/mol. The van der Waals surface area contributed by atoms with Gasteiger partial charge in [-0.15, -0.1) is 0 Å². The van der Waals surface area contributed by atoms with Crippen LogP contribution in [0.4, 0.5) is 31.7 Å². The fraction of sp³-hybridized carbons (Fsp3) is 0.547. The number of amides is 6. The van der Waals surface area contributed by atoms with Gasteiger partial charge >= 0.3 is 37.7 Å². The number of fused-ring (bicyclic) bond motifs is 5. The number of aliphatic hydroxyl groups is 1. The Kier molecular flexibility index (Phi) is 24.3. The number of hydrogen-bond donors (Lipinski definition) is 11. The Labute approximate surface area is 545 Å². The molecule has 3 aliphatic heterocycles. The highest BCUT2D eigenvalue weighted by atomic mass is 32.5. The number of anilines is 3. The molecule has 14 N–H and O–H groups in total. The average molecular weight is 1400 g/mol. The van der Waals surface area contributed by atoms with E-state index in [4.69, 9.17) is 87.7 Å². The third kappa shape index (κ3) is 18.8. The highest BCUT2D eigenvalue weighted by Gasteiger charge is 2.55. The number of nitrogens with two attached hydrogens (primary N) is 3. The normalized spacial score (nSPS) is 25.0. The SMILES string of the molecule is CC(CN(C)C(=O)OCc1ccc(NC(=O)[C@H](CCCNC(N)=O)CC(=O)[C@@H](NC(=O)CCNC(=O)C(C)CC(=O)O)C(C)C)cc1)OC(=O)O[C@@H]1C2OP(O)(=S)OC[C@H]3O[C@@H](n4cnc5c(N)ncnc54)[C@H](OP(O)(=S)OC[C@H]2O[C@H]1n1cnc2c(N)ncnc21)[C@@H]3O. The molecular formula is C53H72N16O21P2S2. The van der Waals surface area contributed by atoms with Gasteiger partial charge in [-0.05, 0) is 67.0 Å². The molecule has 5 unspecified atom stereocenters. The number of nitrogens with one attached hydrogen (secondary N) is 4. The third-order valence-electron chi connectivity index (χ3n) is 14.9. The summed E-state index contributed by atoms with van der Waals surface area (Å²) in [5.74, 6) is -5.40. The van der Waals surface area contributed by atoms with Crippen LogP contribution in [0.3, 0.4) is 0 Å². The number of nitrogens with zero attached hydrogens (tertiary/aromatic N) is 9. The lowest BCUT2D eigenvalue weighted by molar-refractivity contribution is -0.140. The number of carbonyl (C=O) groups excluding carboxylic acids is 7. The Morgan fingerprint density at radius 2 is 1.38 bits per heavy atom. The molecule has 4 aromatic heterocycles. The van der Waals surface area contributed by atoms with Crippen LogP contribution in [-0.2, 0) is 96.0 Å². The van der Waals surface area contributed by atoms with E-state index in [9.17, 15) is 53.2 Å². The zero-order valence-electron chi connectivity index (χ0n) is 51.1. The van der Waals surface area contributed by atoms with Crippen molar-refractivity contribution in [2.75, 3.05) is 56.7 Å². The molecule has 8 rings (SSSR count). The molecule has 3 aliphatic rings. The van der Waals surface area contributed by atoms with Crippen molar-refractivity contribution in [1.29, 1.82) is 0 Å². The van der Waals surface area contributed by atoms with E-state index in [0.29, 0.717) is 11.3 Å². The number of carboxylic acids is 1. The van der Waals surface area contributed by atoms with Gasteiger partial charge in [0.05, 0.1) is 44.9 Å². The topological polar surface area (TPSA) is 517 Å². The zero-order chi connectivity index (χ0) is 68.3. The highest BCUT2D eigenvalue weighted by molar-refractivity contribution is 8.07. The average Bonchev–Trinajstić information content (AvgIpc) is 1.62. The fourth-order valence-corrected chi connectivity index (χ4v) is 13.1. The number of aliphatic hydroxyl groups excluding tert-OH is 1. The molecule has 2 bridgehead atoms. The number of imidazole rings is 2. The van der Waals surface area contributed by atoms with Gasteiger partial charge in [-0.3, -0.25) is 42.2 Å². The first-order valence-corrected chi connectivity index (χ1v) is 34.3. The van der Waals surface area contributed by atoms with Crippen molar-refractivity contribution in [3.63, 3.8) is 0 Å². The van der Waals surface area contributed by atoms with Gasteiger partial charge in [-0.1, -0.05) is 32.9 Å². The van der Waals surface area contributed by atoms with Crippen molar-refractivity contribution < 1.29 is 100 Å². The van der Waals surface area contributed by atoms with E-state index >= 15 is 0 Å². The number of ketones is 1. The number of urea groups is 1. The molecule has 1 aromatic carbocycles. The van der Waals surface area contributed by atoms with Crippen molar-refractivity contribution in [1.82, 2.24) is 59.9 Å². The number of Topliss-reactive ketones (excluding diaryl/α,β-unsaturated/α-hetero) is 1. The molecule has 94 heavy (non-hydrogen) atoms. The van der Waals surface area contributed by atoms with Crippen LogP contribution in [0.5, 0.6) is 0 Å². The maximum absolute atomic E-state index is 13.9. The minimum absolute atomic E-state index is 0.0231. The second-order valence-electron chi connectivity index (χ2n) is 22.5. The lowest BCUT2D eigenvalue weighted by Crippen LogP contribution is -2.46. The largest absolute Gasteiger partial charge is 0.509 e. The number of carboxylic acid groups (broad SMARTS) is 1. The predicted octanol–water partition coefficient (Wildman–Crippen LogP) is 1.14. The van der Waals surface area contributed by atoms with E-state index in [1.807, 2.05) is 0 Å². The fourth-order valence-electron chi connectivity index (χ4n) is 10.3. The maximum atomic E-state index is 13.9. The summed E-state index contributed by atoms with van der Waals surface area (Å²) in [6, 6.07) is 4.44. The number of carbonyl (C=O) groups is 8. The van der Waals surface area contributed by atoms with Gasteiger partial charge in [-0.2, -0.15) is 0 Å². The van der Waals surface area contributed by atoms with Crippen LogP contribution in [0.25, 0.3) is 22.3 Å². The van der Waals surface area contributed by atoms with E-state index in [1.54, 1.807) is 26.0 Å². The van der Waals surface area contributed by atoms with E-state index in [0.717, 1.165) is 11.2 Å². The summed E-state index contributed by atoms with van der Waals surface area (Å²) in [6.45, 7) is -4.50. The standard InChI is InChI=1S/C53H72N16O21P2S2/c1-25(2)36(66-34(71)12-14-57-47(75)26(3)15-35(72)73)31(70)16-29(7-6-13-58-51(56)77)48(76)65-30-10-8-28(9-11-30)18-82-52(78)67(5)17-27(4)85-53(79)88-42-40-33(87-50(42)69-24-64-38-44(55)60-22-62-46(38)69)20-84-92(81,94)90-41-39(74)32(19-83-91(80,93)89-40)86-49(41)68-23-63-37-43(54)59-21-61-45(37)68/h8-11,21-27,29,32-33,36,39-42,49-50,74H,6-7,12-20H2,1-5H3,(H,57,75)(H,65,76)(H,66,71)(H,72,73)(H,80,93)(H,81,94)(H2,54,59,61)(H2,55,60,62)(H3,56,58,77)/t26?,27?,29-,32-,33-,36+,39-,40?,41-,42-,49-,50-,91?,92?/m1/s1. The van der Waals surface area contributed by atoms with Crippen molar-refractivity contribution >= 4 is 124 Å². The van der Waals surface area contributed by atoms with Gasteiger partial charge in [0.1, 0.15) is 66.9 Å². The van der Waals surface area contributed by atoms with Crippen LogP contribution in [0, 0.1) is 17.8 Å². The molecule has 37 nitrogen and oxygen atoms in total. The van der Waals surface area contributed by atoms with Crippen LogP contribution in [-0.4, -0.2) is 200 Å². The van der Waals surface area contributed by atoms with Crippen LogP contribution < -0.4 is 38.5 Å². The molecule has 0 saturated carbocycles. The number of rotatable bonds is 25. The quantitative estimate of drug-likeness (QED) is 0.0222. The first-order chi connectivity index (χ1) is 44.5. The summed E-state index contributed by atoms with van der Waals surface area (Å²) in [4.78, 5) is 152. The van der Waals surface area contributed by atoms with Crippen molar-refractivity contribution in [2.24, 2.45) is 23.5 Å². The first-order valence-electron chi connectivity index (χ1n) is 29.1. The van der Waals surface area contributed by atoms with Crippen molar-refractivity contribution in [3.05, 3.63) is 55.1 Å². The Morgan fingerprint density at radius 1 is 0.787 bits per heavy atom. The minimum atomic E-state index is -4.50. The van der Waals surface area contributed by atoms with Gasteiger partial charge in [0, 0.05) is 50.5 Å². The van der Waals surface area contributed by atoms with E-state index < -0.39 is 160 Å². The number of nitrogen functional groups attached to an aromatic ring is 2. The number of benzene rings is 1. The van der Waals surface area contributed by atoms with Gasteiger partial charge in [-0.25, -0.2) is 44.3 Å². The second kappa shape index (κ2) is 31.6. The molecule has 0 aliphatic carbocycles. The van der Waals surface area contributed by atoms with Crippen LogP contribution in [0.1, 0.15) is 77.8 Å². The molecule has 3 fully saturated rings. The van der Waals surface area contributed by atoms with E-state index in [-0.39, 0.29) is 85.9 Å². The molecule has 6 amide bonds. The number of ether oxygens (including phenoxy) is 5. The molecule has 512 valence electrons. The van der Waals surface area contributed by atoms with Crippen LogP contribution in [0.15, 0.2) is 49.6 Å². The Bertz CT molecular complexity index is 3690. The zero-order valence-corrected chi connectivity index (χ0v) is 54.5. The lowest BCUT2D eigenvalue weighted by atomic mass is 9.89. The minimum Gasteiger partial charge on any atom is -0.481 e. The van der Waals surface area contributed by atoms with Crippen LogP contribution >= 0.6 is 13.4 Å². The van der Waals surface area contributed by atoms with Crippen molar-refractivity contribution in [2.45, 2.75) is 128 Å². The summed E-state index contributed by atoms with van der Waals surface area (Å²) in [7, 11) is 1.37. The van der Waals surface area contributed by atoms with Gasteiger partial charge in [0.15, 0.2) is 47.3 Å². The first kappa shape index (κ1) is 72.1. The summed E-state index contributed by atoms with van der Waals surface area (Å²) in [5.41, 5.74) is 18.7. The molecule has 0 spiro atoms. The Morgan fingerprint density at radius 3 is 1.99 bits per heavy atom. The summed E-state index contributed by atoms with van der Waals surface area (Å²) in [5, 5.41) is 30.9. The molecule has 5 aromatic rings. The number of likely N-dealkylation sites (N-methyl/N-ethyl adjacent to an activating group) is 1. The van der Waals surface area contributed by atoms with Gasteiger partial charge in [0.25, 0.3) is 0 Å². The van der Waals surface area contributed by atoms with Crippen molar-refractivity contribution in [3.8, 4) is 0 Å². The number of hydrogen-bond acceptors (Lipinski definition) is 28. The molecule has 41 heteroatoms. The van der Waals surface area contributed by atoms with E-state index in [1.165, 1.54) is 61.1 Å². The summed E-state index contributed by atoms with van der Waals surface area (Å²) < 4.78 is 55.8.